The number of nitrogens with one attached hydrogen (secondary N) is 1. The maximum absolute atomic E-state index is 13.7. The van der Waals surface area contributed by atoms with Crippen molar-refractivity contribution in [2.45, 2.75) is 90.6 Å². The molecule has 1 aromatic carbocycles. The molecule has 236 valence electrons. The monoisotopic (exact) mass is 618 g/mol. The second-order valence-electron chi connectivity index (χ2n) is 13.1. The SMILES string of the molecule is CCCC(=O)C1=C(C)CC(C2CCC(NC(=O)c3cn(CC(=O)C4=CCCN(C)CCC4)c4ccc(Cl)cc34)CC2)CN=C1. The van der Waals surface area contributed by atoms with Gasteiger partial charge in [0.2, 0.25) is 0 Å². The summed E-state index contributed by atoms with van der Waals surface area (Å²) in [7, 11) is 2.12. The topological polar surface area (TPSA) is 83.8 Å². The fraction of sp³-hybridized carbons (Fsp3) is 0.556. The van der Waals surface area contributed by atoms with Gasteiger partial charge in [0.1, 0.15) is 0 Å². The van der Waals surface area contributed by atoms with Crippen LogP contribution in [0.4, 0.5) is 0 Å². The number of fused-ring (bicyclic) bond motifs is 1. The molecule has 0 radical (unpaired) electrons. The van der Waals surface area contributed by atoms with Gasteiger partial charge in [-0.1, -0.05) is 30.2 Å². The van der Waals surface area contributed by atoms with Crippen molar-refractivity contribution < 1.29 is 14.4 Å². The molecule has 0 bridgehead atoms. The van der Waals surface area contributed by atoms with Gasteiger partial charge in [0, 0.05) is 59.5 Å². The van der Waals surface area contributed by atoms with Crippen LogP contribution in [0.5, 0.6) is 0 Å². The van der Waals surface area contributed by atoms with E-state index in [9.17, 15) is 14.4 Å². The van der Waals surface area contributed by atoms with Crippen molar-refractivity contribution in [2.75, 3.05) is 26.7 Å². The number of benzene rings is 1. The van der Waals surface area contributed by atoms with Crippen LogP contribution in [0.1, 0.15) is 88.4 Å². The molecule has 0 saturated heterocycles. The van der Waals surface area contributed by atoms with E-state index in [1.54, 1.807) is 0 Å². The molecule has 1 amide bonds. The van der Waals surface area contributed by atoms with Gasteiger partial charge in [-0.3, -0.25) is 19.4 Å². The van der Waals surface area contributed by atoms with E-state index in [1.165, 1.54) is 0 Å². The summed E-state index contributed by atoms with van der Waals surface area (Å²) >= 11 is 6.37. The summed E-state index contributed by atoms with van der Waals surface area (Å²) in [5, 5.41) is 4.64. The lowest BCUT2D eigenvalue weighted by Gasteiger charge is -2.33. The maximum atomic E-state index is 13.7. The molecule has 1 N–H and O–H groups in total. The van der Waals surface area contributed by atoms with Gasteiger partial charge in [-0.05, 0) is 114 Å². The first-order valence-corrected chi connectivity index (χ1v) is 16.8. The molecular weight excluding hydrogens is 572 g/mol. The number of halogens is 1. The van der Waals surface area contributed by atoms with Crippen molar-refractivity contribution >= 4 is 46.2 Å². The predicted octanol–water partition coefficient (Wildman–Crippen LogP) is 6.97. The van der Waals surface area contributed by atoms with Crippen LogP contribution in [0, 0.1) is 11.8 Å². The van der Waals surface area contributed by atoms with Crippen LogP contribution in [0.2, 0.25) is 5.02 Å². The molecule has 44 heavy (non-hydrogen) atoms. The number of ketones is 2. The molecule has 0 spiro atoms. The molecule has 1 unspecified atom stereocenters. The molecule has 1 aromatic heterocycles. The van der Waals surface area contributed by atoms with Gasteiger partial charge in [-0.2, -0.15) is 0 Å². The highest BCUT2D eigenvalue weighted by atomic mass is 35.5. The summed E-state index contributed by atoms with van der Waals surface area (Å²) in [6, 6.07) is 5.65. The smallest absolute Gasteiger partial charge is 0.253 e. The first-order chi connectivity index (χ1) is 21.2. The van der Waals surface area contributed by atoms with Crippen molar-refractivity contribution in [3.8, 4) is 0 Å². The molecule has 1 atom stereocenters. The van der Waals surface area contributed by atoms with Gasteiger partial charge in [0.15, 0.2) is 11.6 Å². The van der Waals surface area contributed by atoms with Gasteiger partial charge < -0.3 is 14.8 Å². The molecule has 1 aliphatic carbocycles. The summed E-state index contributed by atoms with van der Waals surface area (Å²) in [6.45, 7) is 7.04. The lowest BCUT2D eigenvalue weighted by Crippen LogP contribution is -2.38. The van der Waals surface area contributed by atoms with Crippen molar-refractivity contribution in [1.29, 1.82) is 0 Å². The Morgan fingerprint density at radius 2 is 1.86 bits per heavy atom. The average Bonchev–Trinajstić information content (AvgIpc) is 3.21. The van der Waals surface area contributed by atoms with E-state index in [0.717, 1.165) is 105 Å². The molecule has 2 aromatic rings. The lowest BCUT2D eigenvalue weighted by atomic mass is 9.75. The van der Waals surface area contributed by atoms with E-state index < -0.39 is 0 Å². The van der Waals surface area contributed by atoms with E-state index >= 15 is 0 Å². The fourth-order valence-electron chi connectivity index (χ4n) is 7.25. The number of allylic oxidation sites excluding steroid dienone is 3. The van der Waals surface area contributed by atoms with Gasteiger partial charge >= 0.3 is 0 Å². The second kappa shape index (κ2) is 14.8. The molecule has 8 heteroatoms. The molecule has 7 nitrogen and oxygen atoms in total. The number of hydrogen-bond donors (Lipinski definition) is 1. The third-order valence-corrected chi connectivity index (χ3v) is 10.0. The Balaban J connectivity index is 1.23. The van der Waals surface area contributed by atoms with E-state index in [-0.39, 0.29) is 30.1 Å². The zero-order valence-electron chi connectivity index (χ0n) is 26.5. The molecule has 3 aliphatic rings. The van der Waals surface area contributed by atoms with Crippen molar-refractivity contribution in [2.24, 2.45) is 16.8 Å². The number of aromatic nitrogens is 1. The van der Waals surface area contributed by atoms with Crippen LogP contribution < -0.4 is 5.32 Å². The van der Waals surface area contributed by atoms with Gasteiger partial charge in [0.25, 0.3) is 5.91 Å². The number of rotatable bonds is 9. The number of Topliss-reactive ketones (excluding diaryl/α,β-unsaturated/α-hetero) is 2. The number of hydrogen-bond acceptors (Lipinski definition) is 5. The van der Waals surface area contributed by atoms with E-state index in [1.807, 2.05) is 42.1 Å². The molecular formula is C36H47ClN4O3. The molecule has 1 saturated carbocycles. The first kappa shape index (κ1) is 32.4. The molecule has 3 heterocycles. The molecule has 5 rings (SSSR count). The van der Waals surface area contributed by atoms with Crippen molar-refractivity contribution in [3.63, 3.8) is 0 Å². The normalized spacial score (nSPS) is 23.5. The van der Waals surface area contributed by atoms with Gasteiger partial charge in [-0.15, -0.1) is 0 Å². The summed E-state index contributed by atoms with van der Waals surface area (Å²) < 4.78 is 1.91. The summed E-state index contributed by atoms with van der Waals surface area (Å²) in [5.41, 5.74) is 4.28. The highest BCUT2D eigenvalue weighted by molar-refractivity contribution is 6.31. The third kappa shape index (κ3) is 7.78. The van der Waals surface area contributed by atoms with Crippen LogP contribution in [0.25, 0.3) is 10.9 Å². The zero-order valence-corrected chi connectivity index (χ0v) is 27.3. The highest BCUT2D eigenvalue weighted by Gasteiger charge is 2.30. The highest BCUT2D eigenvalue weighted by Crippen LogP contribution is 2.36. The Morgan fingerprint density at radius 1 is 1.07 bits per heavy atom. The standard InChI is InChI=1S/C36H47ClN4O3/c1-4-7-34(42)31-21-38-20-27(18-24(31)2)25-10-13-29(14-11-25)39-36(44)32-22-41(33-15-12-28(37)19-30(32)33)23-35(43)26-8-5-16-40(3)17-6-9-26/h8,12,15,19,21-22,25,27,29H,4-7,9-11,13-14,16-18,20,23H2,1-3H3,(H,39,44). The second-order valence-corrected chi connectivity index (χ2v) is 13.5. The van der Waals surface area contributed by atoms with Crippen molar-refractivity contribution in [1.82, 2.24) is 14.8 Å². The van der Waals surface area contributed by atoms with Gasteiger partial charge in [-0.25, -0.2) is 0 Å². The predicted molar refractivity (Wildman–Crippen MR) is 179 cm³/mol. The zero-order chi connectivity index (χ0) is 31.2. The number of aliphatic imine (C=N–C) groups is 1. The number of amides is 1. The van der Waals surface area contributed by atoms with Crippen LogP contribution in [0.3, 0.4) is 0 Å². The Kier molecular flexibility index (Phi) is 10.9. The van der Waals surface area contributed by atoms with Crippen molar-refractivity contribution in [3.05, 3.63) is 57.8 Å². The Bertz CT molecular complexity index is 1480. The first-order valence-electron chi connectivity index (χ1n) is 16.5. The van der Waals surface area contributed by atoms with Gasteiger partial charge in [0.05, 0.1) is 12.1 Å². The number of nitrogens with zero attached hydrogens (tertiary/aromatic N) is 3. The van der Waals surface area contributed by atoms with E-state index in [4.69, 9.17) is 11.6 Å². The van der Waals surface area contributed by atoms with Crippen LogP contribution >= 0.6 is 11.6 Å². The average molecular weight is 619 g/mol. The molecule has 2 aliphatic heterocycles. The minimum absolute atomic E-state index is 0.101. The molecule has 1 fully saturated rings. The minimum atomic E-state index is -0.114. The Morgan fingerprint density at radius 3 is 2.64 bits per heavy atom. The van der Waals surface area contributed by atoms with Crippen LogP contribution in [-0.2, 0) is 16.1 Å². The van der Waals surface area contributed by atoms with Crippen LogP contribution in [-0.4, -0.2) is 65.9 Å². The summed E-state index contributed by atoms with van der Waals surface area (Å²) in [6.07, 6.45) is 14.6. The largest absolute Gasteiger partial charge is 0.349 e. The number of carbonyl (C=O) groups excluding carboxylic acids is 3. The van der Waals surface area contributed by atoms with E-state index in [2.05, 4.69) is 35.3 Å². The summed E-state index contributed by atoms with van der Waals surface area (Å²) in [5.74, 6) is 1.17. The van der Waals surface area contributed by atoms with E-state index in [0.29, 0.717) is 28.8 Å². The lowest BCUT2D eigenvalue weighted by molar-refractivity contribution is -0.116. The third-order valence-electron chi connectivity index (χ3n) is 9.79. The fourth-order valence-corrected chi connectivity index (χ4v) is 7.42. The minimum Gasteiger partial charge on any atom is -0.349 e. The Labute approximate surface area is 266 Å². The number of carbonyl (C=O) groups is 3. The maximum Gasteiger partial charge on any atom is 0.253 e. The summed E-state index contributed by atoms with van der Waals surface area (Å²) in [4.78, 5) is 46.5. The quantitative estimate of drug-likeness (QED) is 0.329. The Hall–Kier alpha value is -3.03. The van der Waals surface area contributed by atoms with Crippen LogP contribution in [0.15, 0.2) is 52.2 Å².